The molecule has 1 heterocycles. The number of aromatic nitrogens is 2. The number of amides is 1. The molecule has 3 aromatic rings. The van der Waals surface area contributed by atoms with Crippen LogP contribution < -0.4 is 10.9 Å². The number of carbonyl (C=O) groups excluding carboxylic acids is 1. The summed E-state index contributed by atoms with van der Waals surface area (Å²) in [5.74, 6) is -0.132. The molecule has 1 amide bonds. The summed E-state index contributed by atoms with van der Waals surface area (Å²) >= 11 is 1.29. The van der Waals surface area contributed by atoms with Crippen molar-refractivity contribution in [2.45, 2.75) is 44.1 Å². The zero-order valence-electron chi connectivity index (χ0n) is 17.6. The molecule has 1 aromatic heterocycles. The molecule has 0 bridgehead atoms. The van der Waals surface area contributed by atoms with Crippen molar-refractivity contribution < 1.29 is 9.53 Å². The Hall–Kier alpha value is -2.64. The summed E-state index contributed by atoms with van der Waals surface area (Å²) in [7, 11) is 0. The highest BCUT2D eigenvalue weighted by Gasteiger charge is 2.19. The highest BCUT2D eigenvalue weighted by Crippen LogP contribution is 2.24. The third kappa shape index (κ3) is 5.49. The minimum atomic E-state index is -0.419. The van der Waals surface area contributed by atoms with E-state index in [-0.39, 0.29) is 11.5 Å². The third-order valence-electron chi connectivity index (χ3n) is 4.67. The zero-order chi connectivity index (χ0) is 21.5. The van der Waals surface area contributed by atoms with E-state index in [0.29, 0.717) is 42.2 Å². The molecule has 6 nitrogen and oxygen atoms in total. The Labute approximate surface area is 180 Å². The number of ether oxygens (including phenoxy) is 1. The number of hydrogen-bond acceptors (Lipinski definition) is 5. The van der Waals surface area contributed by atoms with E-state index in [1.54, 1.807) is 10.6 Å². The summed E-state index contributed by atoms with van der Waals surface area (Å²) in [5.41, 5.74) is 2.42. The van der Waals surface area contributed by atoms with Gasteiger partial charge >= 0.3 is 0 Å². The number of rotatable bonds is 9. The van der Waals surface area contributed by atoms with Crippen molar-refractivity contribution in [3.8, 4) is 0 Å². The van der Waals surface area contributed by atoms with Crippen LogP contribution in [-0.4, -0.2) is 33.9 Å². The average molecular weight is 426 g/mol. The van der Waals surface area contributed by atoms with Gasteiger partial charge in [0.25, 0.3) is 5.56 Å². The van der Waals surface area contributed by atoms with Crippen molar-refractivity contribution in [1.29, 1.82) is 0 Å². The predicted octanol–water partition coefficient (Wildman–Crippen LogP) is 4.25. The predicted molar refractivity (Wildman–Crippen MR) is 122 cm³/mol. The van der Waals surface area contributed by atoms with Crippen LogP contribution in [0.4, 0.5) is 5.69 Å². The molecule has 0 fully saturated rings. The molecule has 0 aliphatic carbocycles. The molecule has 3 rings (SSSR count). The van der Waals surface area contributed by atoms with Crippen molar-refractivity contribution in [3.63, 3.8) is 0 Å². The monoisotopic (exact) mass is 425 g/mol. The minimum Gasteiger partial charge on any atom is -0.382 e. The maximum atomic E-state index is 13.1. The van der Waals surface area contributed by atoms with Crippen LogP contribution in [0.3, 0.4) is 0 Å². The Morgan fingerprint density at radius 3 is 2.67 bits per heavy atom. The Kier molecular flexibility index (Phi) is 7.65. The topological polar surface area (TPSA) is 73.2 Å². The van der Waals surface area contributed by atoms with E-state index in [9.17, 15) is 9.59 Å². The molecular weight excluding hydrogens is 398 g/mol. The SMILES string of the molecule is CCOCCCn1c(S[C@H](C)C(=O)Nc2ccc(C)cc2)nc2ccccc2c1=O. The molecule has 0 aliphatic heterocycles. The first-order valence-electron chi connectivity index (χ1n) is 10.1. The van der Waals surface area contributed by atoms with Crippen LogP contribution in [0.2, 0.25) is 0 Å². The van der Waals surface area contributed by atoms with Crippen LogP contribution >= 0.6 is 11.8 Å². The fraction of sp³-hybridized carbons (Fsp3) is 0.348. The molecule has 1 atom stereocenters. The molecule has 0 aliphatic rings. The van der Waals surface area contributed by atoms with Crippen LogP contribution in [0, 0.1) is 6.92 Å². The molecule has 2 aromatic carbocycles. The summed E-state index contributed by atoms with van der Waals surface area (Å²) in [6, 6.07) is 15.0. The third-order valence-corrected chi connectivity index (χ3v) is 5.76. The Balaban J connectivity index is 1.82. The molecule has 0 radical (unpaired) electrons. The van der Waals surface area contributed by atoms with Crippen LogP contribution in [0.25, 0.3) is 10.9 Å². The van der Waals surface area contributed by atoms with Gasteiger partial charge in [0, 0.05) is 25.4 Å². The number of carbonyl (C=O) groups is 1. The molecule has 7 heteroatoms. The summed E-state index contributed by atoms with van der Waals surface area (Å²) in [6.07, 6.45) is 0.700. The Morgan fingerprint density at radius 1 is 1.20 bits per heavy atom. The number of benzene rings is 2. The van der Waals surface area contributed by atoms with Gasteiger partial charge in [0.15, 0.2) is 5.16 Å². The molecule has 30 heavy (non-hydrogen) atoms. The van der Waals surface area contributed by atoms with E-state index in [2.05, 4.69) is 10.3 Å². The lowest BCUT2D eigenvalue weighted by Crippen LogP contribution is -2.27. The second kappa shape index (κ2) is 10.4. The standard InChI is InChI=1S/C23H27N3O3S/c1-4-29-15-7-14-26-22(28)19-8-5-6-9-20(19)25-23(26)30-17(3)21(27)24-18-12-10-16(2)11-13-18/h5-6,8-13,17H,4,7,14-15H2,1-3H3,(H,24,27)/t17-/m1/s1. The van der Waals surface area contributed by atoms with Gasteiger partial charge in [-0.1, -0.05) is 41.6 Å². The smallest absolute Gasteiger partial charge is 0.262 e. The van der Waals surface area contributed by atoms with E-state index < -0.39 is 5.25 Å². The largest absolute Gasteiger partial charge is 0.382 e. The van der Waals surface area contributed by atoms with E-state index in [1.807, 2.05) is 63.2 Å². The number of thioether (sulfide) groups is 1. The van der Waals surface area contributed by atoms with Gasteiger partial charge in [-0.05, 0) is 51.5 Å². The van der Waals surface area contributed by atoms with Gasteiger partial charge in [-0.25, -0.2) is 4.98 Å². The average Bonchev–Trinajstić information content (AvgIpc) is 2.74. The van der Waals surface area contributed by atoms with Gasteiger partial charge in [-0.2, -0.15) is 0 Å². The first-order valence-corrected chi connectivity index (χ1v) is 11.0. The van der Waals surface area contributed by atoms with E-state index >= 15 is 0 Å². The summed E-state index contributed by atoms with van der Waals surface area (Å²) < 4.78 is 7.06. The number of para-hydroxylation sites is 1. The number of nitrogens with one attached hydrogen (secondary N) is 1. The lowest BCUT2D eigenvalue weighted by molar-refractivity contribution is -0.115. The van der Waals surface area contributed by atoms with E-state index in [0.717, 1.165) is 11.3 Å². The van der Waals surface area contributed by atoms with Crippen molar-refractivity contribution in [2.75, 3.05) is 18.5 Å². The number of anilines is 1. The highest BCUT2D eigenvalue weighted by atomic mass is 32.2. The van der Waals surface area contributed by atoms with Gasteiger partial charge < -0.3 is 10.1 Å². The first-order chi connectivity index (χ1) is 14.5. The van der Waals surface area contributed by atoms with Crippen LogP contribution in [0.1, 0.15) is 25.8 Å². The second-order valence-corrected chi connectivity index (χ2v) is 8.34. The quantitative estimate of drug-likeness (QED) is 0.315. The van der Waals surface area contributed by atoms with Crippen molar-refractivity contribution in [2.24, 2.45) is 0 Å². The van der Waals surface area contributed by atoms with Gasteiger partial charge in [-0.15, -0.1) is 0 Å². The molecule has 0 saturated carbocycles. The molecule has 1 N–H and O–H groups in total. The van der Waals surface area contributed by atoms with Gasteiger partial charge in [0.2, 0.25) is 5.91 Å². The number of hydrogen-bond donors (Lipinski definition) is 1. The molecule has 0 spiro atoms. The molecule has 0 unspecified atom stereocenters. The second-order valence-electron chi connectivity index (χ2n) is 7.03. The molecule has 0 saturated heterocycles. The number of nitrogens with zero attached hydrogens (tertiary/aromatic N) is 2. The van der Waals surface area contributed by atoms with E-state index in [1.165, 1.54) is 11.8 Å². The van der Waals surface area contributed by atoms with Gasteiger partial charge in [0.05, 0.1) is 16.2 Å². The summed E-state index contributed by atoms with van der Waals surface area (Å²) in [6.45, 7) is 7.47. The fourth-order valence-electron chi connectivity index (χ4n) is 3.00. The van der Waals surface area contributed by atoms with Crippen molar-refractivity contribution in [1.82, 2.24) is 9.55 Å². The molecular formula is C23H27N3O3S. The Morgan fingerprint density at radius 2 is 1.93 bits per heavy atom. The van der Waals surface area contributed by atoms with Crippen LogP contribution in [-0.2, 0) is 16.1 Å². The maximum absolute atomic E-state index is 13.1. The lowest BCUT2D eigenvalue weighted by Gasteiger charge is -2.16. The van der Waals surface area contributed by atoms with Crippen LogP contribution in [0.15, 0.2) is 58.5 Å². The van der Waals surface area contributed by atoms with Crippen LogP contribution in [0.5, 0.6) is 0 Å². The zero-order valence-corrected chi connectivity index (χ0v) is 18.4. The first kappa shape index (κ1) is 22.1. The highest BCUT2D eigenvalue weighted by molar-refractivity contribution is 8.00. The normalized spacial score (nSPS) is 12.1. The van der Waals surface area contributed by atoms with Crippen molar-refractivity contribution in [3.05, 3.63) is 64.4 Å². The lowest BCUT2D eigenvalue weighted by atomic mass is 10.2. The maximum Gasteiger partial charge on any atom is 0.262 e. The van der Waals surface area contributed by atoms with Crippen molar-refractivity contribution >= 4 is 34.3 Å². The van der Waals surface area contributed by atoms with Gasteiger partial charge in [0.1, 0.15) is 0 Å². The van der Waals surface area contributed by atoms with E-state index in [4.69, 9.17) is 4.74 Å². The number of fused-ring (bicyclic) bond motifs is 1. The molecule has 158 valence electrons. The Bertz CT molecular complexity index is 1060. The fourth-order valence-corrected chi connectivity index (χ4v) is 3.93. The van der Waals surface area contributed by atoms with Gasteiger partial charge in [-0.3, -0.25) is 14.2 Å². The summed E-state index contributed by atoms with van der Waals surface area (Å²) in [5, 5.41) is 3.63. The minimum absolute atomic E-state index is 0.0919. The summed E-state index contributed by atoms with van der Waals surface area (Å²) in [4.78, 5) is 30.4. The number of aryl methyl sites for hydroxylation is 1.